The third kappa shape index (κ3) is 2.40. The third-order valence-corrected chi connectivity index (χ3v) is 4.06. The molecule has 1 aliphatic heterocycles. The summed E-state index contributed by atoms with van der Waals surface area (Å²) in [5.74, 6) is -0.578. The van der Waals surface area contributed by atoms with Crippen molar-refractivity contribution in [3.63, 3.8) is 0 Å². The number of hydrogen-bond donors (Lipinski definition) is 1. The predicted molar refractivity (Wildman–Crippen MR) is 62.5 cm³/mol. The highest BCUT2D eigenvalue weighted by Gasteiger charge is 2.30. The van der Waals surface area contributed by atoms with Crippen molar-refractivity contribution in [1.29, 1.82) is 0 Å². The Balaban J connectivity index is 2.54. The lowest BCUT2D eigenvalue weighted by molar-refractivity contribution is 0.0864. The molecule has 0 fully saturated rings. The lowest BCUT2D eigenvalue weighted by Gasteiger charge is -2.17. The Kier molecular flexibility index (Phi) is 2.63. The molecule has 0 spiro atoms. The van der Waals surface area contributed by atoms with Crippen LogP contribution in [-0.4, -0.2) is 19.1 Å². The van der Waals surface area contributed by atoms with Crippen LogP contribution in [0.15, 0.2) is 28.5 Å². The summed E-state index contributed by atoms with van der Waals surface area (Å²) in [6.45, 7) is 3.20. The number of benzene rings is 1. The van der Waals surface area contributed by atoms with Crippen LogP contribution in [0.2, 0.25) is 0 Å². The second-order valence-electron chi connectivity index (χ2n) is 4.82. The third-order valence-electron chi connectivity index (χ3n) is 2.52. The SMILES string of the molecule is CC(C)(O)CC1=CS(=O)(=O)c2cc(F)ccc21. The van der Waals surface area contributed by atoms with Gasteiger partial charge in [0.2, 0.25) is 9.84 Å². The van der Waals surface area contributed by atoms with Gasteiger partial charge in [-0.1, -0.05) is 6.07 Å². The molecule has 1 N–H and O–H groups in total. The summed E-state index contributed by atoms with van der Waals surface area (Å²) in [6, 6.07) is 3.67. The van der Waals surface area contributed by atoms with Crippen molar-refractivity contribution in [3.8, 4) is 0 Å². The van der Waals surface area contributed by atoms with Crippen LogP contribution in [0.5, 0.6) is 0 Å². The van der Waals surface area contributed by atoms with Gasteiger partial charge in [0.25, 0.3) is 0 Å². The van der Waals surface area contributed by atoms with E-state index >= 15 is 0 Å². The van der Waals surface area contributed by atoms with E-state index in [1.165, 1.54) is 12.1 Å². The van der Waals surface area contributed by atoms with E-state index in [0.29, 0.717) is 11.1 Å². The molecule has 2 rings (SSSR count). The highest BCUT2D eigenvalue weighted by Crippen LogP contribution is 2.37. The smallest absolute Gasteiger partial charge is 0.200 e. The van der Waals surface area contributed by atoms with Gasteiger partial charge in [-0.25, -0.2) is 12.8 Å². The Morgan fingerprint density at radius 2 is 2.00 bits per heavy atom. The van der Waals surface area contributed by atoms with Gasteiger partial charge in [0, 0.05) is 11.8 Å². The molecule has 0 saturated heterocycles. The van der Waals surface area contributed by atoms with Crippen LogP contribution in [-0.2, 0) is 9.84 Å². The van der Waals surface area contributed by atoms with E-state index in [2.05, 4.69) is 0 Å². The lowest BCUT2D eigenvalue weighted by atomic mass is 9.95. The fourth-order valence-corrected chi connectivity index (χ4v) is 3.41. The van der Waals surface area contributed by atoms with Crippen LogP contribution in [0.1, 0.15) is 25.8 Å². The molecular formula is C12H13FO3S. The average molecular weight is 256 g/mol. The second-order valence-corrected chi connectivity index (χ2v) is 6.58. The molecule has 1 aromatic rings. The second kappa shape index (κ2) is 3.65. The molecule has 0 unspecified atom stereocenters. The molecule has 0 amide bonds. The highest BCUT2D eigenvalue weighted by atomic mass is 32.2. The molecule has 1 aliphatic rings. The quantitative estimate of drug-likeness (QED) is 0.881. The Hall–Kier alpha value is -1.20. The minimum atomic E-state index is -3.56. The molecule has 1 heterocycles. The van der Waals surface area contributed by atoms with Gasteiger partial charge < -0.3 is 5.11 Å². The molecule has 0 radical (unpaired) electrons. The first-order chi connectivity index (χ1) is 7.69. The van der Waals surface area contributed by atoms with E-state index in [0.717, 1.165) is 11.5 Å². The maximum atomic E-state index is 13.0. The number of sulfone groups is 1. The molecule has 0 bridgehead atoms. The number of rotatable bonds is 2. The standard InChI is InChI=1S/C12H13FO3S/c1-12(2,14)6-8-7-17(15,16)11-5-9(13)3-4-10(8)11/h3-5,7,14H,6H2,1-2H3. The van der Waals surface area contributed by atoms with Gasteiger partial charge in [-0.05, 0) is 37.1 Å². The predicted octanol–water partition coefficient (Wildman–Crippen LogP) is 2.11. The normalized spacial score (nSPS) is 17.8. The monoisotopic (exact) mass is 256 g/mol. The minimum absolute atomic E-state index is 0.0169. The topological polar surface area (TPSA) is 54.4 Å². The summed E-state index contributed by atoms with van der Waals surface area (Å²) in [5, 5.41) is 10.8. The summed E-state index contributed by atoms with van der Waals surface area (Å²) in [6.07, 6.45) is 0.213. The molecule has 3 nitrogen and oxygen atoms in total. The molecule has 5 heteroatoms. The number of fused-ring (bicyclic) bond motifs is 1. The summed E-state index contributed by atoms with van der Waals surface area (Å²) in [7, 11) is -3.56. The van der Waals surface area contributed by atoms with Gasteiger partial charge >= 0.3 is 0 Å². The fourth-order valence-electron chi connectivity index (χ4n) is 1.91. The van der Waals surface area contributed by atoms with E-state index < -0.39 is 21.3 Å². The first-order valence-electron chi connectivity index (χ1n) is 5.17. The highest BCUT2D eigenvalue weighted by molar-refractivity contribution is 7.95. The van der Waals surface area contributed by atoms with Crippen LogP contribution >= 0.6 is 0 Å². The molecule has 0 saturated carbocycles. The first kappa shape index (κ1) is 12.3. The van der Waals surface area contributed by atoms with Crippen LogP contribution in [0, 0.1) is 5.82 Å². The van der Waals surface area contributed by atoms with Crippen molar-refractivity contribution >= 4 is 15.4 Å². The molecule has 0 aliphatic carbocycles. The van der Waals surface area contributed by atoms with Crippen LogP contribution < -0.4 is 0 Å². The van der Waals surface area contributed by atoms with Gasteiger partial charge in [0.15, 0.2) is 0 Å². The van der Waals surface area contributed by atoms with Crippen molar-refractivity contribution in [3.05, 3.63) is 35.0 Å². The summed E-state index contributed by atoms with van der Waals surface area (Å²) in [5.41, 5.74) is -0.00168. The Morgan fingerprint density at radius 3 is 2.59 bits per heavy atom. The molecule has 0 atom stereocenters. The van der Waals surface area contributed by atoms with E-state index in [4.69, 9.17) is 0 Å². The molecule has 1 aromatic carbocycles. The van der Waals surface area contributed by atoms with Crippen molar-refractivity contribution < 1.29 is 17.9 Å². The average Bonchev–Trinajstić information content (AvgIpc) is 2.35. The van der Waals surface area contributed by atoms with Gasteiger partial charge in [-0.15, -0.1) is 0 Å². The van der Waals surface area contributed by atoms with Gasteiger partial charge in [-0.3, -0.25) is 0 Å². The Labute approximate surface area is 99.5 Å². The van der Waals surface area contributed by atoms with Gasteiger partial charge in [-0.2, -0.15) is 0 Å². The fraction of sp³-hybridized carbons (Fsp3) is 0.333. The number of aliphatic hydroxyl groups is 1. The molecular weight excluding hydrogens is 243 g/mol. The maximum Gasteiger partial charge on any atom is 0.200 e. The van der Waals surface area contributed by atoms with E-state index in [1.807, 2.05) is 0 Å². The van der Waals surface area contributed by atoms with Crippen LogP contribution in [0.4, 0.5) is 4.39 Å². The van der Waals surface area contributed by atoms with Crippen molar-refractivity contribution in [2.24, 2.45) is 0 Å². The van der Waals surface area contributed by atoms with Gasteiger partial charge in [0.05, 0.1) is 10.5 Å². The van der Waals surface area contributed by atoms with Crippen LogP contribution in [0.3, 0.4) is 0 Å². The zero-order valence-corrected chi connectivity index (χ0v) is 10.4. The number of hydrogen-bond acceptors (Lipinski definition) is 3. The molecule has 17 heavy (non-hydrogen) atoms. The summed E-state index contributed by atoms with van der Waals surface area (Å²) in [4.78, 5) is -0.0169. The first-order valence-corrected chi connectivity index (χ1v) is 6.72. The van der Waals surface area contributed by atoms with Crippen molar-refractivity contribution in [1.82, 2.24) is 0 Å². The van der Waals surface area contributed by atoms with Gasteiger partial charge in [0.1, 0.15) is 5.82 Å². The van der Waals surface area contributed by atoms with E-state index in [1.54, 1.807) is 13.8 Å². The van der Waals surface area contributed by atoms with E-state index in [-0.39, 0.29) is 11.3 Å². The number of halogens is 1. The largest absolute Gasteiger partial charge is 0.390 e. The van der Waals surface area contributed by atoms with Crippen molar-refractivity contribution in [2.75, 3.05) is 0 Å². The summed E-state index contributed by atoms with van der Waals surface area (Å²) >= 11 is 0. The zero-order valence-electron chi connectivity index (χ0n) is 9.57. The van der Waals surface area contributed by atoms with Crippen LogP contribution in [0.25, 0.3) is 5.57 Å². The molecule has 92 valence electrons. The van der Waals surface area contributed by atoms with E-state index in [9.17, 15) is 17.9 Å². The maximum absolute atomic E-state index is 13.0. The zero-order chi connectivity index (χ0) is 12.8. The summed E-state index contributed by atoms with van der Waals surface area (Å²) < 4.78 is 36.6. The Morgan fingerprint density at radius 1 is 1.35 bits per heavy atom. The lowest BCUT2D eigenvalue weighted by Crippen LogP contribution is -2.18. The minimum Gasteiger partial charge on any atom is -0.390 e. The van der Waals surface area contributed by atoms with Crippen molar-refractivity contribution in [2.45, 2.75) is 30.8 Å². The molecule has 0 aromatic heterocycles. The Bertz CT molecular complexity index is 595.